The van der Waals surface area contributed by atoms with Crippen LogP contribution >= 0.6 is 0 Å². The molecule has 0 bridgehead atoms. The summed E-state index contributed by atoms with van der Waals surface area (Å²) in [6.45, 7) is 8.26. The van der Waals surface area contributed by atoms with E-state index in [2.05, 4.69) is 5.32 Å². The summed E-state index contributed by atoms with van der Waals surface area (Å²) in [7, 11) is -3.47. The molecule has 0 unspecified atom stereocenters. The van der Waals surface area contributed by atoms with Crippen LogP contribution in [-0.4, -0.2) is 44.4 Å². The van der Waals surface area contributed by atoms with E-state index in [-0.39, 0.29) is 23.5 Å². The number of carbonyl (C=O) groups excluding carboxylic acids is 1. The maximum absolute atomic E-state index is 12.3. The number of carbonyl (C=O) groups is 1. The molecule has 0 aliphatic rings. The highest BCUT2D eigenvalue weighted by Gasteiger charge is 2.21. The van der Waals surface area contributed by atoms with Gasteiger partial charge in [0.2, 0.25) is 10.0 Å². The molecule has 0 fully saturated rings. The highest BCUT2D eigenvalue weighted by molar-refractivity contribution is 7.89. The van der Waals surface area contributed by atoms with Gasteiger partial charge in [0.1, 0.15) is 5.75 Å². The molecule has 1 N–H and O–H groups in total. The Balaban J connectivity index is 2.69. The molecule has 1 aromatic rings. The lowest BCUT2D eigenvalue weighted by Gasteiger charge is -2.18. The van der Waals surface area contributed by atoms with Gasteiger partial charge in [0.15, 0.2) is 6.61 Å². The third kappa shape index (κ3) is 5.51. The second-order valence-corrected chi connectivity index (χ2v) is 7.16. The first-order valence-electron chi connectivity index (χ1n) is 7.87. The van der Waals surface area contributed by atoms with Gasteiger partial charge >= 0.3 is 0 Å². The minimum Gasteiger partial charge on any atom is -0.484 e. The van der Waals surface area contributed by atoms with Gasteiger partial charge in [-0.05, 0) is 37.6 Å². The molecule has 1 amide bonds. The van der Waals surface area contributed by atoms with Crippen molar-refractivity contribution in [1.82, 2.24) is 9.62 Å². The zero-order valence-corrected chi connectivity index (χ0v) is 15.0. The first kappa shape index (κ1) is 19.4. The second kappa shape index (κ2) is 8.88. The van der Waals surface area contributed by atoms with Crippen LogP contribution < -0.4 is 10.1 Å². The van der Waals surface area contributed by atoms with Crippen molar-refractivity contribution < 1.29 is 17.9 Å². The third-order valence-corrected chi connectivity index (χ3v) is 5.62. The van der Waals surface area contributed by atoms with E-state index in [1.54, 1.807) is 26.0 Å². The highest BCUT2D eigenvalue weighted by atomic mass is 32.2. The molecule has 1 rings (SSSR count). The van der Waals surface area contributed by atoms with Crippen LogP contribution in [0.15, 0.2) is 29.2 Å². The quantitative estimate of drug-likeness (QED) is 0.745. The van der Waals surface area contributed by atoms with Gasteiger partial charge in [0, 0.05) is 19.1 Å². The summed E-state index contributed by atoms with van der Waals surface area (Å²) in [5, 5.41) is 2.80. The number of nitrogens with one attached hydrogen (secondary N) is 1. The van der Waals surface area contributed by atoms with Crippen molar-refractivity contribution in [2.45, 2.75) is 45.1 Å². The fourth-order valence-corrected chi connectivity index (χ4v) is 3.45. The van der Waals surface area contributed by atoms with E-state index in [1.807, 2.05) is 13.8 Å². The lowest BCUT2D eigenvalue weighted by atomic mass is 10.2. The number of nitrogens with zero attached hydrogens (tertiary/aromatic N) is 1. The second-order valence-electron chi connectivity index (χ2n) is 5.23. The van der Waals surface area contributed by atoms with Crippen LogP contribution in [0.25, 0.3) is 0 Å². The number of benzene rings is 1. The van der Waals surface area contributed by atoms with Crippen molar-refractivity contribution in [3.05, 3.63) is 24.3 Å². The summed E-state index contributed by atoms with van der Waals surface area (Å²) >= 11 is 0. The van der Waals surface area contributed by atoms with Gasteiger partial charge in [-0.15, -0.1) is 0 Å². The minimum absolute atomic E-state index is 0.0908. The largest absolute Gasteiger partial charge is 0.484 e. The molecule has 0 spiro atoms. The fourth-order valence-electron chi connectivity index (χ4n) is 1.99. The van der Waals surface area contributed by atoms with E-state index in [1.165, 1.54) is 16.4 Å². The molecule has 0 heterocycles. The van der Waals surface area contributed by atoms with E-state index in [0.717, 1.165) is 6.42 Å². The van der Waals surface area contributed by atoms with Crippen LogP contribution in [-0.2, 0) is 14.8 Å². The predicted molar refractivity (Wildman–Crippen MR) is 89.9 cm³/mol. The van der Waals surface area contributed by atoms with Gasteiger partial charge < -0.3 is 10.1 Å². The fraction of sp³-hybridized carbons (Fsp3) is 0.562. The average molecular weight is 342 g/mol. The maximum atomic E-state index is 12.3. The monoisotopic (exact) mass is 342 g/mol. The Hall–Kier alpha value is -1.60. The molecule has 6 nitrogen and oxygen atoms in total. The van der Waals surface area contributed by atoms with Gasteiger partial charge in [0.05, 0.1) is 4.90 Å². The van der Waals surface area contributed by atoms with Gasteiger partial charge in [-0.25, -0.2) is 8.42 Å². The summed E-state index contributed by atoms with van der Waals surface area (Å²) < 4.78 is 31.5. The Morgan fingerprint density at radius 1 is 1.17 bits per heavy atom. The molecule has 0 saturated heterocycles. The van der Waals surface area contributed by atoms with Crippen LogP contribution in [0.4, 0.5) is 0 Å². The number of amides is 1. The average Bonchev–Trinajstić information content (AvgIpc) is 2.54. The Labute approximate surface area is 138 Å². The molecule has 1 atom stereocenters. The van der Waals surface area contributed by atoms with E-state index < -0.39 is 10.0 Å². The van der Waals surface area contributed by atoms with E-state index >= 15 is 0 Å². The predicted octanol–water partition coefficient (Wildman–Crippen LogP) is 2.01. The molecule has 0 aromatic heterocycles. The molecule has 1 aromatic carbocycles. The smallest absolute Gasteiger partial charge is 0.258 e. The topological polar surface area (TPSA) is 75.7 Å². The van der Waals surface area contributed by atoms with E-state index in [0.29, 0.717) is 18.8 Å². The molecule has 0 radical (unpaired) electrons. The Morgan fingerprint density at radius 3 is 2.22 bits per heavy atom. The van der Waals surface area contributed by atoms with Gasteiger partial charge in [-0.1, -0.05) is 20.8 Å². The van der Waals surface area contributed by atoms with Crippen molar-refractivity contribution in [3.63, 3.8) is 0 Å². The van der Waals surface area contributed by atoms with Crippen LogP contribution in [0.2, 0.25) is 0 Å². The molecule has 0 saturated carbocycles. The van der Waals surface area contributed by atoms with Gasteiger partial charge in [-0.2, -0.15) is 4.31 Å². The minimum atomic E-state index is -3.47. The lowest BCUT2D eigenvalue weighted by molar-refractivity contribution is -0.123. The van der Waals surface area contributed by atoms with Crippen molar-refractivity contribution in [2.75, 3.05) is 19.7 Å². The van der Waals surface area contributed by atoms with Gasteiger partial charge in [-0.3, -0.25) is 4.79 Å². The standard InChI is InChI=1S/C16H26N2O4S/c1-5-13(4)17-16(19)12-22-14-8-10-15(11-9-14)23(20,21)18(6-2)7-3/h8-11,13H,5-7,12H2,1-4H3,(H,17,19)/t13-/m1/s1. The summed E-state index contributed by atoms with van der Waals surface area (Å²) in [6.07, 6.45) is 0.851. The summed E-state index contributed by atoms with van der Waals surface area (Å²) in [5.74, 6) is 0.266. The molecule has 7 heteroatoms. The summed E-state index contributed by atoms with van der Waals surface area (Å²) in [4.78, 5) is 11.9. The van der Waals surface area contributed by atoms with Crippen molar-refractivity contribution in [2.24, 2.45) is 0 Å². The maximum Gasteiger partial charge on any atom is 0.258 e. The van der Waals surface area contributed by atoms with Crippen molar-refractivity contribution in [1.29, 1.82) is 0 Å². The van der Waals surface area contributed by atoms with Crippen LogP contribution in [0.1, 0.15) is 34.1 Å². The highest BCUT2D eigenvalue weighted by Crippen LogP contribution is 2.19. The van der Waals surface area contributed by atoms with Crippen LogP contribution in [0, 0.1) is 0 Å². The SMILES string of the molecule is CC[C@@H](C)NC(=O)COc1ccc(S(=O)(=O)N(CC)CC)cc1. The number of ether oxygens (including phenoxy) is 1. The Morgan fingerprint density at radius 2 is 1.74 bits per heavy atom. The molecule has 0 aliphatic carbocycles. The molecule has 130 valence electrons. The zero-order valence-electron chi connectivity index (χ0n) is 14.2. The normalized spacial score (nSPS) is 12.9. The van der Waals surface area contributed by atoms with Crippen molar-refractivity contribution in [3.8, 4) is 5.75 Å². The Kier molecular flexibility index (Phi) is 7.51. The first-order valence-corrected chi connectivity index (χ1v) is 9.31. The molecular weight excluding hydrogens is 316 g/mol. The Bertz CT molecular complexity index is 595. The molecule has 23 heavy (non-hydrogen) atoms. The number of rotatable bonds is 9. The van der Waals surface area contributed by atoms with Crippen LogP contribution in [0.5, 0.6) is 5.75 Å². The third-order valence-electron chi connectivity index (χ3n) is 3.56. The molecule has 0 aliphatic heterocycles. The van der Waals surface area contributed by atoms with E-state index in [9.17, 15) is 13.2 Å². The first-order chi connectivity index (χ1) is 10.8. The lowest BCUT2D eigenvalue weighted by Crippen LogP contribution is -2.35. The molecular formula is C16H26N2O4S. The van der Waals surface area contributed by atoms with E-state index in [4.69, 9.17) is 4.74 Å². The van der Waals surface area contributed by atoms with Crippen LogP contribution in [0.3, 0.4) is 0 Å². The zero-order chi connectivity index (χ0) is 17.5. The number of hydrogen-bond donors (Lipinski definition) is 1. The van der Waals surface area contributed by atoms with Gasteiger partial charge in [0.25, 0.3) is 5.91 Å². The van der Waals surface area contributed by atoms with Crippen molar-refractivity contribution >= 4 is 15.9 Å². The summed E-state index contributed by atoms with van der Waals surface area (Å²) in [6, 6.07) is 6.22. The summed E-state index contributed by atoms with van der Waals surface area (Å²) in [5.41, 5.74) is 0. The number of hydrogen-bond acceptors (Lipinski definition) is 4. The number of sulfonamides is 1.